The summed E-state index contributed by atoms with van der Waals surface area (Å²) >= 11 is 0. The normalized spacial score (nSPS) is 10.4. The molecule has 0 saturated heterocycles. The summed E-state index contributed by atoms with van der Waals surface area (Å²) in [4.78, 5) is 25.3. The molecule has 7 nitrogen and oxygen atoms in total. The zero-order valence-electron chi connectivity index (χ0n) is 7.26. The van der Waals surface area contributed by atoms with Gasteiger partial charge in [-0.3, -0.25) is 5.10 Å². The Bertz CT molecular complexity index is 560. The van der Waals surface area contributed by atoms with E-state index >= 15 is 0 Å². The van der Waals surface area contributed by atoms with Gasteiger partial charge in [0.1, 0.15) is 0 Å². The van der Waals surface area contributed by atoms with E-state index in [9.17, 15) is 9.59 Å². The third kappa shape index (κ3) is 1.30. The van der Waals surface area contributed by atoms with Gasteiger partial charge in [0.25, 0.3) is 0 Å². The Balaban J connectivity index is 2.86. The van der Waals surface area contributed by atoms with Crippen molar-refractivity contribution in [3.8, 4) is 0 Å². The molecule has 15 heavy (non-hydrogen) atoms. The zero-order chi connectivity index (χ0) is 11.0. The van der Waals surface area contributed by atoms with Crippen molar-refractivity contribution in [3.05, 3.63) is 23.5 Å². The van der Waals surface area contributed by atoms with E-state index in [-0.39, 0.29) is 22.3 Å². The third-order valence-electron chi connectivity index (χ3n) is 1.90. The van der Waals surface area contributed by atoms with Crippen LogP contribution in [-0.4, -0.2) is 37.3 Å². The average molecular weight is 207 g/mol. The maximum absolute atomic E-state index is 10.8. The number of nitrogens with one attached hydrogen (secondary N) is 1. The van der Waals surface area contributed by atoms with Gasteiger partial charge < -0.3 is 10.2 Å². The number of H-pyrrole nitrogens is 1. The number of aromatic amines is 1. The highest BCUT2D eigenvalue weighted by Gasteiger charge is 2.19. The van der Waals surface area contributed by atoms with Crippen LogP contribution in [0.1, 0.15) is 20.8 Å². The van der Waals surface area contributed by atoms with Crippen LogP contribution in [0.3, 0.4) is 0 Å². The smallest absolute Gasteiger partial charge is 0.354 e. The Labute approximate surface area is 82.4 Å². The molecule has 2 rings (SSSR count). The molecule has 0 atom stereocenters. The van der Waals surface area contributed by atoms with E-state index in [1.165, 1.54) is 12.3 Å². The number of aromatic nitrogens is 3. The Hall–Kier alpha value is -2.44. The van der Waals surface area contributed by atoms with Crippen LogP contribution in [-0.2, 0) is 0 Å². The van der Waals surface area contributed by atoms with Gasteiger partial charge in [-0.25, -0.2) is 14.6 Å². The second-order valence-corrected chi connectivity index (χ2v) is 2.77. The van der Waals surface area contributed by atoms with E-state index in [4.69, 9.17) is 10.2 Å². The largest absolute Gasteiger partial charge is 0.478 e. The summed E-state index contributed by atoms with van der Waals surface area (Å²) in [6.45, 7) is 0. The second kappa shape index (κ2) is 3.05. The van der Waals surface area contributed by atoms with Gasteiger partial charge in [-0.05, 0) is 6.07 Å². The monoisotopic (exact) mass is 207 g/mol. The minimum atomic E-state index is -1.27. The summed E-state index contributed by atoms with van der Waals surface area (Å²) in [5.41, 5.74) is -0.325. The number of hydrogen-bond donors (Lipinski definition) is 3. The molecule has 0 bridgehead atoms. The molecule has 0 aliphatic carbocycles. The van der Waals surface area contributed by atoms with Crippen LogP contribution >= 0.6 is 0 Å². The van der Waals surface area contributed by atoms with Crippen LogP contribution in [0.5, 0.6) is 0 Å². The molecule has 0 spiro atoms. The predicted molar refractivity (Wildman–Crippen MR) is 47.8 cm³/mol. The van der Waals surface area contributed by atoms with Gasteiger partial charge in [-0.2, -0.15) is 5.10 Å². The molecule has 2 aromatic rings. The average Bonchev–Trinajstić information content (AvgIpc) is 2.60. The molecule has 0 fully saturated rings. The Morgan fingerprint density at radius 3 is 2.60 bits per heavy atom. The van der Waals surface area contributed by atoms with Crippen LogP contribution in [0.15, 0.2) is 12.3 Å². The lowest BCUT2D eigenvalue weighted by molar-refractivity contribution is 0.0691. The number of nitrogens with zero attached hydrogens (tertiary/aromatic N) is 2. The fourth-order valence-corrected chi connectivity index (χ4v) is 1.28. The molecule has 0 amide bonds. The lowest BCUT2D eigenvalue weighted by Crippen LogP contribution is -2.02. The first-order valence-electron chi connectivity index (χ1n) is 3.91. The molecule has 2 heterocycles. The van der Waals surface area contributed by atoms with Crippen molar-refractivity contribution in [2.45, 2.75) is 0 Å². The van der Waals surface area contributed by atoms with Crippen molar-refractivity contribution in [2.75, 3.05) is 0 Å². The van der Waals surface area contributed by atoms with Crippen LogP contribution in [0.2, 0.25) is 0 Å². The highest BCUT2D eigenvalue weighted by atomic mass is 16.4. The standard InChI is InChI=1S/C8H5N3O4/c12-7(13)3-1-2-9-6-4(3)5(8(14)15)10-11-6/h1-2H,(H,12,13)(H,14,15)(H,9,10,11). The Morgan fingerprint density at radius 1 is 1.27 bits per heavy atom. The number of aromatic carboxylic acids is 2. The van der Waals surface area contributed by atoms with E-state index < -0.39 is 11.9 Å². The molecule has 0 aliphatic rings. The topological polar surface area (TPSA) is 116 Å². The van der Waals surface area contributed by atoms with Gasteiger partial charge in [-0.1, -0.05) is 0 Å². The lowest BCUT2D eigenvalue weighted by Gasteiger charge is -1.96. The van der Waals surface area contributed by atoms with Gasteiger partial charge in [0.2, 0.25) is 0 Å². The first kappa shape index (κ1) is 9.13. The molecular weight excluding hydrogens is 202 g/mol. The highest BCUT2D eigenvalue weighted by molar-refractivity contribution is 6.09. The van der Waals surface area contributed by atoms with Crippen molar-refractivity contribution in [3.63, 3.8) is 0 Å². The van der Waals surface area contributed by atoms with Gasteiger partial charge in [0.15, 0.2) is 11.3 Å². The number of carboxylic acid groups (broad SMARTS) is 2. The summed E-state index contributed by atoms with van der Waals surface area (Å²) in [5.74, 6) is -2.49. The number of rotatable bonds is 2. The van der Waals surface area contributed by atoms with Crippen LogP contribution in [0, 0.1) is 0 Å². The van der Waals surface area contributed by atoms with Crippen molar-refractivity contribution >= 4 is 23.0 Å². The lowest BCUT2D eigenvalue weighted by atomic mass is 10.1. The van der Waals surface area contributed by atoms with E-state index in [2.05, 4.69) is 15.2 Å². The second-order valence-electron chi connectivity index (χ2n) is 2.77. The zero-order valence-corrected chi connectivity index (χ0v) is 7.26. The molecule has 0 saturated carbocycles. The molecule has 3 N–H and O–H groups in total. The summed E-state index contributed by atoms with van der Waals surface area (Å²) < 4.78 is 0. The van der Waals surface area contributed by atoms with Crippen molar-refractivity contribution in [1.82, 2.24) is 15.2 Å². The molecule has 76 valence electrons. The molecule has 0 radical (unpaired) electrons. The summed E-state index contributed by atoms with van der Waals surface area (Å²) in [5, 5.41) is 23.5. The molecule has 0 unspecified atom stereocenters. The predicted octanol–water partition coefficient (Wildman–Crippen LogP) is 0.354. The molecule has 0 aromatic carbocycles. The van der Waals surface area contributed by atoms with E-state index in [1.807, 2.05) is 0 Å². The number of pyridine rings is 1. The van der Waals surface area contributed by atoms with Crippen molar-refractivity contribution in [1.29, 1.82) is 0 Å². The number of fused-ring (bicyclic) bond motifs is 1. The number of carboxylic acids is 2. The molecule has 2 aromatic heterocycles. The van der Waals surface area contributed by atoms with E-state index in [0.717, 1.165) is 0 Å². The number of carbonyl (C=O) groups is 2. The van der Waals surface area contributed by atoms with Gasteiger partial charge in [0.05, 0.1) is 10.9 Å². The van der Waals surface area contributed by atoms with E-state index in [0.29, 0.717) is 0 Å². The first-order valence-corrected chi connectivity index (χ1v) is 3.91. The maximum atomic E-state index is 10.8. The summed E-state index contributed by atoms with van der Waals surface area (Å²) in [6, 6.07) is 1.23. The minimum absolute atomic E-state index is 0.0116. The summed E-state index contributed by atoms with van der Waals surface area (Å²) in [6.07, 6.45) is 1.26. The Morgan fingerprint density at radius 2 is 2.00 bits per heavy atom. The first-order chi connectivity index (χ1) is 7.11. The van der Waals surface area contributed by atoms with Crippen molar-refractivity contribution < 1.29 is 19.8 Å². The van der Waals surface area contributed by atoms with Crippen LogP contribution in [0.25, 0.3) is 11.0 Å². The SMILES string of the molecule is O=C(O)c1ccnc2n[nH]c(C(=O)O)c12. The highest BCUT2D eigenvalue weighted by Crippen LogP contribution is 2.18. The molecule has 0 aliphatic heterocycles. The molecular formula is C8H5N3O4. The van der Waals surface area contributed by atoms with Crippen molar-refractivity contribution in [2.24, 2.45) is 0 Å². The van der Waals surface area contributed by atoms with Crippen LogP contribution in [0.4, 0.5) is 0 Å². The quantitative estimate of drug-likeness (QED) is 0.654. The fourth-order valence-electron chi connectivity index (χ4n) is 1.28. The molecule has 7 heteroatoms. The fraction of sp³-hybridized carbons (Fsp3) is 0. The Kier molecular flexibility index (Phi) is 1.86. The minimum Gasteiger partial charge on any atom is -0.478 e. The van der Waals surface area contributed by atoms with E-state index in [1.54, 1.807) is 0 Å². The third-order valence-corrected chi connectivity index (χ3v) is 1.90. The van der Waals surface area contributed by atoms with Gasteiger partial charge >= 0.3 is 11.9 Å². The van der Waals surface area contributed by atoms with Gasteiger partial charge in [-0.15, -0.1) is 0 Å². The van der Waals surface area contributed by atoms with Gasteiger partial charge in [0, 0.05) is 6.20 Å². The maximum Gasteiger partial charge on any atom is 0.354 e. The van der Waals surface area contributed by atoms with Crippen LogP contribution < -0.4 is 0 Å². The summed E-state index contributed by atoms with van der Waals surface area (Å²) in [7, 11) is 0. The number of hydrogen-bond acceptors (Lipinski definition) is 4.